The fourth-order valence-electron chi connectivity index (χ4n) is 4.42. The summed E-state index contributed by atoms with van der Waals surface area (Å²) in [6.07, 6.45) is -0.501. The molecule has 4 heterocycles. The highest BCUT2D eigenvalue weighted by Crippen LogP contribution is 2.42. The van der Waals surface area contributed by atoms with Gasteiger partial charge in [-0.2, -0.15) is 0 Å². The maximum Gasteiger partial charge on any atom is 0.254 e. The minimum absolute atomic E-state index is 0.0814. The number of fused-ring (bicyclic) bond motifs is 7. The van der Waals surface area contributed by atoms with Gasteiger partial charge in [0.05, 0.1) is 0 Å². The quantitative estimate of drug-likeness (QED) is 0.702. The van der Waals surface area contributed by atoms with E-state index < -0.39 is 18.0 Å². The maximum atomic E-state index is 13.1. The van der Waals surface area contributed by atoms with E-state index in [1.807, 2.05) is 12.1 Å². The summed E-state index contributed by atoms with van der Waals surface area (Å²) in [6.45, 7) is 4.68. The van der Waals surface area contributed by atoms with Gasteiger partial charge in [0.25, 0.3) is 5.91 Å². The minimum atomic E-state index is -0.866. The molecule has 1 aromatic rings. The van der Waals surface area contributed by atoms with Crippen LogP contribution in [0.15, 0.2) is 12.1 Å². The number of ketones is 1. The van der Waals surface area contributed by atoms with Crippen LogP contribution in [0.4, 0.5) is 0 Å². The van der Waals surface area contributed by atoms with Crippen LogP contribution in [0.2, 0.25) is 0 Å². The summed E-state index contributed by atoms with van der Waals surface area (Å²) in [5.41, 5.74) is 1.88. The van der Waals surface area contributed by atoms with Crippen LogP contribution in [0.25, 0.3) is 0 Å². The van der Waals surface area contributed by atoms with Gasteiger partial charge in [-0.3, -0.25) is 9.59 Å². The Morgan fingerprint density at radius 1 is 1.12 bits per heavy atom. The maximum absolute atomic E-state index is 13.1. The molecule has 0 aliphatic carbocycles. The van der Waals surface area contributed by atoms with E-state index in [9.17, 15) is 9.59 Å². The second kappa shape index (κ2) is 5.44. The lowest BCUT2D eigenvalue weighted by Crippen LogP contribution is -2.43. The van der Waals surface area contributed by atoms with E-state index in [4.69, 9.17) is 18.9 Å². The van der Waals surface area contributed by atoms with E-state index in [-0.39, 0.29) is 30.8 Å². The van der Waals surface area contributed by atoms with Crippen molar-refractivity contribution in [1.29, 1.82) is 0 Å². The van der Waals surface area contributed by atoms with Crippen molar-refractivity contribution in [3.05, 3.63) is 23.3 Å². The van der Waals surface area contributed by atoms with Crippen molar-refractivity contribution in [1.82, 2.24) is 4.90 Å². The van der Waals surface area contributed by atoms with Crippen molar-refractivity contribution >= 4 is 11.7 Å². The van der Waals surface area contributed by atoms with Gasteiger partial charge in [0.1, 0.15) is 11.9 Å². The number of hydrogen-bond donors (Lipinski definition) is 0. The number of hydrogen-bond acceptors (Lipinski definition) is 6. The zero-order valence-corrected chi connectivity index (χ0v) is 14.8. The van der Waals surface area contributed by atoms with Gasteiger partial charge in [0.15, 0.2) is 23.4 Å². The molecular weight excluding hydrogens is 338 g/mol. The van der Waals surface area contributed by atoms with Crippen LogP contribution < -0.4 is 9.47 Å². The lowest BCUT2D eigenvalue weighted by molar-refractivity contribution is -0.162. The smallest absolute Gasteiger partial charge is 0.254 e. The van der Waals surface area contributed by atoms with E-state index >= 15 is 0 Å². The van der Waals surface area contributed by atoms with E-state index in [0.29, 0.717) is 31.0 Å². The van der Waals surface area contributed by atoms with E-state index in [1.54, 1.807) is 18.7 Å². The summed E-state index contributed by atoms with van der Waals surface area (Å²) in [5.74, 6) is 0.162. The van der Waals surface area contributed by atoms with Crippen LogP contribution >= 0.6 is 0 Å². The van der Waals surface area contributed by atoms with Crippen molar-refractivity contribution in [2.24, 2.45) is 0 Å². The average molecular weight is 359 g/mol. The molecule has 0 saturated carbocycles. The number of benzene rings is 1. The van der Waals surface area contributed by atoms with Crippen LogP contribution in [0.1, 0.15) is 43.7 Å². The Labute approximate surface area is 151 Å². The Hall–Kier alpha value is -2.12. The first kappa shape index (κ1) is 16.1. The van der Waals surface area contributed by atoms with Crippen molar-refractivity contribution in [2.75, 3.05) is 13.3 Å². The molecule has 1 amide bonds. The largest absolute Gasteiger partial charge is 0.454 e. The lowest BCUT2D eigenvalue weighted by Gasteiger charge is -2.26. The van der Waals surface area contributed by atoms with Gasteiger partial charge in [-0.05, 0) is 43.5 Å². The highest BCUT2D eigenvalue weighted by atomic mass is 16.8. The Morgan fingerprint density at radius 3 is 2.69 bits per heavy atom. The van der Waals surface area contributed by atoms with Crippen molar-refractivity contribution in [2.45, 2.75) is 57.1 Å². The van der Waals surface area contributed by atoms with Gasteiger partial charge >= 0.3 is 0 Å². The highest BCUT2D eigenvalue weighted by Gasteiger charge is 2.49. The SMILES string of the molecule is CC1(C)O[C@@H]2C(=O)N3CC[C@H](C(=O)C[C@H]2O1)c1cc2c(cc1C3)OCO2. The third kappa shape index (κ3) is 2.41. The molecule has 4 aliphatic heterocycles. The number of amides is 1. The van der Waals surface area contributed by atoms with Crippen LogP contribution in [0, 0.1) is 0 Å². The minimum Gasteiger partial charge on any atom is -0.454 e. The topological polar surface area (TPSA) is 74.3 Å². The molecule has 2 fully saturated rings. The molecule has 7 nitrogen and oxygen atoms in total. The molecule has 0 N–H and O–H groups in total. The Kier molecular flexibility index (Phi) is 3.36. The first-order chi connectivity index (χ1) is 12.4. The molecular formula is C19H21NO6. The zero-order chi connectivity index (χ0) is 18.1. The summed E-state index contributed by atoms with van der Waals surface area (Å²) in [5, 5.41) is 0. The van der Waals surface area contributed by atoms with Gasteiger partial charge in [-0.1, -0.05) is 0 Å². The van der Waals surface area contributed by atoms with Crippen molar-refractivity contribution in [3.63, 3.8) is 0 Å². The molecule has 0 aromatic heterocycles. The van der Waals surface area contributed by atoms with E-state index in [0.717, 1.165) is 11.1 Å². The normalized spacial score (nSPS) is 31.8. The molecule has 5 rings (SSSR count). The number of rotatable bonds is 0. The predicted octanol–water partition coefficient (Wildman–Crippen LogP) is 1.72. The average Bonchev–Trinajstić information content (AvgIpc) is 3.09. The number of carbonyl (C=O) groups is 2. The first-order valence-electron chi connectivity index (χ1n) is 9.01. The molecule has 0 radical (unpaired) electrons. The first-order valence-corrected chi connectivity index (χ1v) is 9.01. The van der Waals surface area contributed by atoms with Gasteiger partial charge in [-0.15, -0.1) is 0 Å². The van der Waals surface area contributed by atoms with Gasteiger partial charge < -0.3 is 23.8 Å². The summed E-state index contributed by atoms with van der Waals surface area (Å²) in [4.78, 5) is 28.0. The Bertz CT molecular complexity index is 803. The summed E-state index contributed by atoms with van der Waals surface area (Å²) in [7, 11) is 0. The molecule has 4 aliphatic rings. The Balaban J connectivity index is 1.60. The molecule has 2 bridgehead atoms. The van der Waals surface area contributed by atoms with E-state index in [2.05, 4.69) is 0 Å². The fraction of sp³-hybridized carbons (Fsp3) is 0.579. The molecule has 0 spiro atoms. The van der Waals surface area contributed by atoms with Gasteiger partial charge in [-0.25, -0.2) is 0 Å². The number of carbonyl (C=O) groups excluding carboxylic acids is 2. The van der Waals surface area contributed by atoms with E-state index in [1.165, 1.54) is 0 Å². The second-order valence-corrected chi connectivity index (χ2v) is 7.77. The van der Waals surface area contributed by atoms with Crippen LogP contribution in [-0.4, -0.2) is 47.9 Å². The third-order valence-corrected chi connectivity index (χ3v) is 5.59. The van der Waals surface area contributed by atoms with Crippen molar-refractivity contribution in [3.8, 4) is 11.5 Å². The molecule has 0 unspecified atom stereocenters. The summed E-state index contributed by atoms with van der Waals surface area (Å²) < 4.78 is 22.7. The standard InChI is InChI=1S/C19H21NO6/c1-19(2)25-16-7-13(21)11-3-4-20(18(22)17(16)26-19)8-10-5-14-15(6-12(10)11)24-9-23-14/h5-6,11,16-17H,3-4,7-9H2,1-2H3/t11-,16+,17-/m0/s1. The highest BCUT2D eigenvalue weighted by molar-refractivity contribution is 5.90. The molecule has 7 heteroatoms. The molecule has 138 valence electrons. The monoisotopic (exact) mass is 359 g/mol. The van der Waals surface area contributed by atoms with Crippen molar-refractivity contribution < 1.29 is 28.5 Å². The lowest BCUT2D eigenvalue weighted by atomic mass is 9.86. The zero-order valence-electron chi connectivity index (χ0n) is 14.8. The number of nitrogens with zero attached hydrogens (tertiary/aromatic N) is 1. The summed E-state index contributed by atoms with van der Waals surface area (Å²) in [6, 6.07) is 3.81. The van der Waals surface area contributed by atoms with Crippen LogP contribution in [-0.2, 0) is 25.6 Å². The third-order valence-electron chi connectivity index (χ3n) is 5.59. The Morgan fingerprint density at radius 2 is 1.88 bits per heavy atom. The molecule has 26 heavy (non-hydrogen) atoms. The summed E-state index contributed by atoms with van der Waals surface area (Å²) >= 11 is 0. The molecule has 2 saturated heterocycles. The molecule has 1 aromatic carbocycles. The van der Waals surface area contributed by atoms with Crippen LogP contribution in [0.5, 0.6) is 11.5 Å². The van der Waals surface area contributed by atoms with Gasteiger partial charge in [0.2, 0.25) is 6.79 Å². The number of Topliss-reactive ketones (excluding diaryl/α,β-unsaturated/α-hetero) is 1. The fourth-order valence-corrected chi connectivity index (χ4v) is 4.42. The number of ether oxygens (including phenoxy) is 4. The van der Waals surface area contributed by atoms with Crippen LogP contribution in [0.3, 0.4) is 0 Å². The predicted molar refractivity (Wildman–Crippen MR) is 88.8 cm³/mol. The van der Waals surface area contributed by atoms with Gasteiger partial charge in [0, 0.05) is 25.4 Å². The second-order valence-electron chi connectivity index (χ2n) is 7.77. The molecule has 3 atom stereocenters.